The first-order valence-electron chi connectivity index (χ1n) is 13.2. The largest absolute Gasteiger partial charge is 0.481 e. The average molecular weight is 559 g/mol. The third kappa shape index (κ3) is 8.55. The van der Waals surface area contributed by atoms with Crippen molar-refractivity contribution in [1.82, 2.24) is 0 Å². The fourth-order valence-electron chi connectivity index (χ4n) is 5.60. The van der Waals surface area contributed by atoms with Gasteiger partial charge in [0.05, 0.1) is 18.9 Å². The lowest BCUT2D eigenvalue weighted by Crippen LogP contribution is -2.45. The van der Waals surface area contributed by atoms with E-state index in [1.807, 2.05) is 25.1 Å². The normalized spacial score (nSPS) is 22.9. The number of aliphatic carboxylic acids is 3. The summed E-state index contributed by atoms with van der Waals surface area (Å²) < 4.78 is 6.39. The van der Waals surface area contributed by atoms with Gasteiger partial charge in [0, 0.05) is 24.9 Å². The molecule has 1 aliphatic rings. The van der Waals surface area contributed by atoms with E-state index in [9.17, 15) is 29.7 Å². The number of unbranched alkanes of at least 4 members (excludes halogenated alkanes) is 1. The van der Waals surface area contributed by atoms with Crippen molar-refractivity contribution in [2.75, 3.05) is 12.9 Å². The molecule has 39 heavy (non-hydrogen) atoms. The molecule has 0 aliphatic carbocycles. The van der Waals surface area contributed by atoms with E-state index in [0.29, 0.717) is 6.42 Å². The van der Waals surface area contributed by atoms with Gasteiger partial charge in [-0.1, -0.05) is 42.5 Å². The highest BCUT2D eigenvalue weighted by Crippen LogP contribution is 2.50. The molecule has 1 saturated heterocycles. The average Bonchev–Trinajstić information content (AvgIpc) is 2.88. The first-order chi connectivity index (χ1) is 18.6. The molecule has 2 aromatic rings. The van der Waals surface area contributed by atoms with Crippen LogP contribution in [0, 0.1) is 24.7 Å². The Morgan fingerprint density at radius 3 is 2.00 bits per heavy atom. The molecule has 0 saturated carbocycles. The SMILES string of the molecule is CS[C@H]1O[C@H](c2ccc(C)c(Cc3ccc(CCCCO)cc3)c2)[C@@H](CC(=O)O)[C@@H](CC(=O)O)[C@@H]1CC(=O)O. The van der Waals surface area contributed by atoms with Crippen molar-refractivity contribution in [3.8, 4) is 0 Å². The molecule has 2 aromatic carbocycles. The minimum Gasteiger partial charge on any atom is -0.481 e. The van der Waals surface area contributed by atoms with Gasteiger partial charge in [0.15, 0.2) is 0 Å². The highest BCUT2D eigenvalue weighted by molar-refractivity contribution is 7.99. The molecule has 3 rings (SSSR count). The Kier molecular flexibility index (Phi) is 11.4. The Balaban J connectivity index is 1.93. The smallest absolute Gasteiger partial charge is 0.303 e. The van der Waals surface area contributed by atoms with Gasteiger partial charge in [-0.05, 0) is 72.6 Å². The van der Waals surface area contributed by atoms with Crippen LogP contribution in [0.5, 0.6) is 0 Å². The lowest BCUT2D eigenvalue weighted by Gasteiger charge is -2.46. The highest BCUT2D eigenvalue weighted by atomic mass is 32.2. The zero-order chi connectivity index (χ0) is 28.5. The van der Waals surface area contributed by atoms with E-state index in [2.05, 4.69) is 24.3 Å². The number of thioether (sulfide) groups is 1. The summed E-state index contributed by atoms with van der Waals surface area (Å²) in [6.45, 7) is 2.21. The van der Waals surface area contributed by atoms with Gasteiger partial charge in [0.2, 0.25) is 0 Å². The fraction of sp³-hybridized carbons (Fsp3) is 0.500. The van der Waals surface area contributed by atoms with Crippen LogP contribution in [0.1, 0.15) is 66.0 Å². The lowest BCUT2D eigenvalue weighted by atomic mass is 9.70. The molecule has 1 heterocycles. The van der Waals surface area contributed by atoms with Crippen molar-refractivity contribution >= 4 is 29.7 Å². The number of carbonyl (C=O) groups is 3. The molecule has 0 unspecified atom stereocenters. The molecule has 4 N–H and O–H groups in total. The summed E-state index contributed by atoms with van der Waals surface area (Å²) in [5, 5.41) is 37.9. The summed E-state index contributed by atoms with van der Waals surface area (Å²) >= 11 is 1.32. The van der Waals surface area contributed by atoms with Crippen LogP contribution in [-0.4, -0.2) is 56.6 Å². The third-order valence-corrected chi connectivity index (χ3v) is 8.50. The van der Waals surface area contributed by atoms with Gasteiger partial charge in [-0.3, -0.25) is 14.4 Å². The molecule has 0 amide bonds. The van der Waals surface area contributed by atoms with Crippen LogP contribution in [-0.2, 0) is 32.0 Å². The number of carboxylic acids is 3. The molecule has 1 fully saturated rings. The number of ether oxygens (including phenoxy) is 1. The van der Waals surface area contributed by atoms with E-state index >= 15 is 0 Å². The maximum atomic E-state index is 11.9. The van der Waals surface area contributed by atoms with Gasteiger partial charge in [0.1, 0.15) is 5.44 Å². The number of rotatable bonds is 14. The maximum absolute atomic E-state index is 11.9. The van der Waals surface area contributed by atoms with E-state index in [1.165, 1.54) is 17.3 Å². The number of aliphatic hydroxyl groups excluding tert-OH is 1. The second-order valence-electron chi connectivity index (χ2n) is 10.3. The van der Waals surface area contributed by atoms with Crippen LogP contribution in [0.15, 0.2) is 42.5 Å². The van der Waals surface area contributed by atoms with Crippen molar-refractivity contribution in [2.45, 2.75) is 63.4 Å². The Bertz CT molecular complexity index is 1130. The van der Waals surface area contributed by atoms with E-state index in [1.54, 1.807) is 6.26 Å². The van der Waals surface area contributed by atoms with Gasteiger partial charge in [-0.2, -0.15) is 0 Å². The van der Waals surface area contributed by atoms with Gasteiger partial charge in [-0.15, -0.1) is 11.8 Å². The standard InChI is InChI=1S/C30H38O8S/c1-18-6-11-21(14-22(18)13-20-9-7-19(8-10-20)5-3-4-12-31)29-24(16-27(34)35)23(15-26(32)33)25(17-28(36)37)30(38-29)39-2/h6-11,14,23-25,29-31H,3-5,12-13,15-17H2,1-2H3,(H,32,33)(H,34,35)(H,36,37)/t23-,24+,25+,29-,30-/m1/s1. The van der Waals surface area contributed by atoms with Crippen molar-refractivity contribution < 1.29 is 39.5 Å². The van der Waals surface area contributed by atoms with Gasteiger partial charge < -0.3 is 25.2 Å². The van der Waals surface area contributed by atoms with Crippen LogP contribution in [0.2, 0.25) is 0 Å². The zero-order valence-corrected chi connectivity index (χ0v) is 23.2. The summed E-state index contributed by atoms with van der Waals surface area (Å²) in [4.78, 5) is 35.4. The molecule has 0 bridgehead atoms. The summed E-state index contributed by atoms with van der Waals surface area (Å²) in [6.07, 6.45) is 3.47. The number of aliphatic hydroxyl groups is 1. The van der Waals surface area contributed by atoms with Gasteiger partial charge in [-0.25, -0.2) is 0 Å². The number of benzene rings is 2. The molecule has 9 heteroatoms. The molecular formula is C30H38O8S. The van der Waals surface area contributed by atoms with E-state index in [0.717, 1.165) is 41.5 Å². The minimum absolute atomic E-state index is 0.195. The molecule has 212 valence electrons. The van der Waals surface area contributed by atoms with Crippen LogP contribution in [0.4, 0.5) is 0 Å². The van der Waals surface area contributed by atoms with Crippen molar-refractivity contribution in [3.63, 3.8) is 0 Å². The number of hydrogen-bond acceptors (Lipinski definition) is 6. The Morgan fingerprint density at radius 2 is 1.41 bits per heavy atom. The number of aryl methyl sites for hydroxylation is 2. The van der Waals surface area contributed by atoms with Crippen LogP contribution >= 0.6 is 11.8 Å². The molecule has 8 nitrogen and oxygen atoms in total. The molecule has 0 radical (unpaired) electrons. The van der Waals surface area contributed by atoms with Gasteiger partial charge >= 0.3 is 17.9 Å². The minimum atomic E-state index is -1.09. The summed E-state index contributed by atoms with van der Waals surface area (Å²) in [7, 11) is 0. The first-order valence-corrected chi connectivity index (χ1v) is 14.5. The van der Waals surface area contributed by atoms with E-state index < -0.39 is 47.2 Å². The third-order valence-electron chi connectivity index (χ3n) is 7.58. The highest BCUT2D eigenvalue weighted by Gasteiger charge is 2.48. The van der Waals surface area contributed by atoms with E-state index in [4.69, 9.17) is 9.84 Å². The molecular weight excluding hydrogens is 520 g/mol. The maximum Gasteiger partial charge on any atom is 0.303 e. The predicted molar refractivity (Wildman–Crippen MR) is 149 cm³/mol. The second kappa shape index (κ2) is 14.5. The summed E-state index contributed by atoms with van der Waals surface area (Å²) in [5.41, 5.74) is 4.66. The summed E-state index contributed by atoms with van der Waals surface area (Å²) in [5.74, 6) is -5.23. The quantitative estimate of drug-likeness (QED) is 0.237. The first kappa shape index (κ1) is 30.7. The van der Waals surface area contributed by atoms with Crippen LogP contribution in [0.25, 0.3) is 0 Å². The second-order valence-corrected chi connectivity index (χ2v) is 11.2. The Hall–Kier alpha value is -2.88. The van der Waals surface area contributed by atoms with Crippen molar-refractivity contribution in [1.29, 1.82) is 0 Å². The van der Waals surface area contributed by atoms with Crippen LogP contribution < -0.4 is 0 Å². The Labute approximate surface area is 233 Å². The summed E-state index contributed by atoms with van der Waals surface area (Å²) in [6, 6.07) is 14.3. The fourth-order valence-corrected chi connectivity index (χ4v) is 6.48. The van der Waals surface area contributed by atoms with Gasteiger partial charge in [0.25, 0.3) is 0 Å². The molecule has 5 atom stereocenters. The van der Waals surface area contributed by atoms with Crippen LogP contribution in [0.3, 0.4) is 0 Å². The van der Waals surface area contributed by atoms with E-state index in [-0.39, 0.29) is 25.9 Å². The topological polar surface area (TPSA) is 141 Å². The molecule has 0 spiro atoms. The van der Waals surface area contributed by atoms with Crippen molar-refractivity contribution in [3.05, 3.63) is 70.3 Å². The number of carboxylic acid groups (broad SMARTS) is 3. The monoisotopic (exact) mass is 558 g/mol. The predicted octanol–water partition coefficient (Wildman–Crippen LogP) is 4.93. The lowest BCUT2D eigenvalue weighted by molar-refractivity contribution is -0.161. The Morgan fingerprint density at radius 1 is 0.821 bits per heavy atom. The number of hydrogen-bond donors (Lipinski definition) is 4. The molecule has 0 aromatic heterocycles. The molecule has 1 aliphatic heterocycles. The zero-order valence-electron chi connectivity index (χ0n) is 22.4. The van der Waals surface area contributed by atoms with Crippen molar-refractivity contribution in [2.24, 2.45) is 17.8 Å².